The summed E-state index contributed by atoms with van der Waals surface area (Å²) in [7, 11) is 0. The predicted molar refractivity (Wildman–Crippen MR) is 66.6 cm³/mol. The van der Waals surface area contributed by atoms with E-state index in [0.29, 0.717) is 5.25 Å². The van der Waals surface area contributed by atoms with E-state index < -0.39 is 0 Å². The van der Waals surface area contributed by atoms with Crippen molar-refractivity contribution in [2.45, 2.75) is 10.3 Å². The largest absolute Gasteiger partial charge is 0.399 e. The molecule has 0 saturated carbocycles. The van der Waals surface area contributed by atoms with Crippen molar-refractivity contribution in [3.8, 4) is 0 Å². The molecule has 2 heterocycles. The summed E-state index contributed by atoms with van der Waals surface area (Å²) in [5.74, 6) is 0. The molecule has 0 bridgehead atoms. The van der Waals surface area contributed by atoms with Crippen LogP contribution >= 0.6 is 11.8 Å². The molecule has 3 nitrogen and oxygen atoms in total. The normalized spacial score (nSPS) is 16.2. The maximum atomic E-state index is 5.72. The van der Waals surface area contributed by atoms with Crippen LogP contribution < -0.4 is 5.73 Å². The quantitative estimate of drug-likeness (QED) is 0.807. The monoisotopic (exact) mass is 232 g/mol. The average Bonchev–Trinajstić information content (AvgIpc) is 2.23. The molecule has 0 radical (unpaired) electrons. The number of nitrogens with zero attached hydrogens (tertiary/aromatic N) is 1. The molecule has 0 amide bonds. The first kappa shape index (κ1) is 9.93. The van der Waals surface area contributed by atoms with Crippen molar-refractivity contribution in [2.24, 2.45) is 0 Å². The Balaban J connectivity index is 1.92. The Morgan fingerprint density at radius 2 is 2.12 bits per heavy atom. The number of nitrogens with two attached hydrogens (primary N) is 1. The van der Waals surface area contributed by atoms with Crippen LogP contribution in [0, 0.1) is 0 Å². The van der Waals surface area contributed by atoms with Crippen molar-refractivity contribution in [3.05, 3.63) is 30.3 Å². The van der Waals surface area contributed by atoms with Crippen LogP contribution in [0.3, 0.4) is 0 Å². The van der Waals surface area contributed by atoms with E-state index in [2.05, 4.69) is 11.1 Å². The second-order valence-corrected chi connectivity index (χ2v) is 5.20. The Morgan fingerprint density at radius 3 is 2.88 bits per heavy atom. The van der Waals surface area contributed by atoms with E-state index in [4.69, 9.17) is 10.5 Å². The van der Waals surface area contributed by atoms with Gasteiger partial charge in [0.15, 0.2) is 0 Å². The maximum absolute atomic E-state index is 5.72. The van der Waals surface area contributed by atoms with Crippen LogP contribution in [0.1, 0.15) is 0 Å². The number of thioether (sulfide) groups is 1. The van der Waals surface area contributed by atoms with Crippen LogP contribution in [0.2, 0.25) is 0 Å². The highest BCUT2D eigenvalue weighted by atomic mass is 32.2. The third-order valence-corrected chi connectivity index (χ3v) is 3.66. The zero-order chi connectivity index (χ0) is 11.0. The van der Waals surface area contributed by atoms with Gasteiger partial charge in [-0.15, -0.1) is 0 Å². The molecule has 0 atom stereocenters. The highest BCUT2D eigenvalue weighted by Gasteiger charge is 2.20. The van der Waals surface area contributed by atoms with Crippen molar-refractivity contribution >= 4 is 28.4 Å². The summed E-state index contributed by atoms with van der Waals surface area (Å²) < 4.78 is 5.15. The lowest BCUT2D eigenvalue weighted by Gasteiger charge is -2.24. The van der Waals surface area contributed by atoms with Crippen molar-refractivity contribution in [2.75, 3.05) is 18.9 Å². The van der Waals surface area contributed by atoms with Crippen molar-refractivity contribution in [3.63, 3.8) is 0 Å². The number of benzene rings is 1. The fraction of sp³-hybridized carbons (Fsp3) is 0.250. The highest BCUT2D eigenvalue weighted by molar-refractivity contribution is 8.00. The Kier molecular flexibility index (Phi) is 2.46. The van der Waals surface area contributed by atoms with Gasteiger partial charge in [0.1, 0.15) is 0 Å². The smallest absolute Gasteiger partial charge is 0.0971 e. The van der Waals surface area contributed by atoms with Gasteiger partial charge in [-0.3, -0.25) is 0 Å². The standard InChI is InChI=1S/C12H12N2OS/c13-9-2-3-11-8(5-9)1-4-12(14-11)16-10-6-15-7-10/h1-5,10H,6-7,13H2. The zero-order valence-electron chi connectivity index (χ0n) is 8.72. The van der Waals surface area contributed by atoms with Gasteiger partial charge in [0, 0.05) is 11.1 Å². The molecular weight excluding hydrogens is 220 g/mol. The Hall–Kier alpha value is -1.26. The van der Waals surface area contributed by atoms with E-state index in [1.807, 2.05) is 24.3 Å². The third kappa shape index (κ3) is 1.86. The van der Waals surface area contributed by atoms with Gasteiger partial charge in [-0.2, -0.15) is 0 Å². The lowest BCUT2D eigenvalue weighted by molar-refractivity contribution is 0.0455. The minimum Gasteiger partial charge on any atom is -0.399 e. The number of hydrogen-bond acceptors (Lipinski definition) is 4. The number of hydrogen-bond donors (Lipinski definition) is 1. The first-order chi connectivity index (χ1) is 7.81. The number of fused-ring (bicyclic) bond motifs is 1. The van der Waals surface area contributed by atoms with E-state index in [0.717, 1.165) is 34.8 Å². The van der Waals surface area contributed by atoms with Gasteiger partial charge in [0.25, 0.3) is 0 Å². The molecule has 1 aromatic carbocycles. The molecule has 1 aliphatic heterocycles. The van der Waals surface area contributed by atoms with Crippen molar-refractivity contribution < 1.29 is 4.74 Å². The molecule has 1 fully saturated rings. The number of nitrogen functional groups attached to an aromatic ring is 1. The molecule has 16 heavy (non-hydrogen) atoms. The Labute approximate surface area is 98.0 Å². The highest BCUT2D eigenvalue weighted by Crippen LogP contribution is 2.28. The molecule has 0 spiro atoms. The number of anilines is 1. The molecule has 0 aliphatic carbocycles. The zero-order valence-corrected chi connectivity index (χ0v) is 9.54. The fourth-order valence-corrected chi connectivity index (χ4v) is 2.61. The first-order valence-corrected chi connectivity index (χ1v) is 6.10. The van der Waals surface area contributed by atoms with Gasteiger partial charge in [-0.05, 0) is 24.3 Å². The van der Waals surface area contributed by atoms with Crippen LogP contribution in [0.4, 0.5) is 5.69 Å². The molecule has 2 aromatic rings. The summed E-state index contributed by atoms with van der Waals surface area (Å²) >= 11 is 1.78. The second kappa shape index (κ2) is 3.96. The molecule has 1 aromatic heterocycles. The Bertz CT molecular complexity index is 525. The average molecular weight is 232 g/mol. The van der Waals surface area contributed by atoms with E-state index in [-0.39, 0.29) is 0 Å². The Morgan fingerprint density at radius 1 is 1.25 bits per heavy atom. The topological polar surface area (TPSA) is 48.1 Å². The van der Waals surface area contributed by atoms with Crippen molar-refractivity contribution in [1.29, 1.82) is 0 Å². The van der Waals surface area contributed by atoms with Gasteiger partial charge < -0.3 is 10.5 Å². The molecule has 82 valence electrons. The van der Waals surface area contributed by atoms with E-state index in [9.17, 15) is 0 Å². The number of pyridine rings is 1. The van der Waals surface area contributed by atoms with Crippen molar-refractivity contribution in [1.82, 2.24) is 4.98 Å². The summed E-state index contributed by atoms with van der Waals surface area (Å²) in [6.45, 7) is 1.68. The predicted octanol–water partition coefficient (Wildman–Crippen LogP) is 2.31. The van der Waals surface area contributed by atoms with Crippen LogP contribution in [-0.2, 0) is 4.74 Å². The van der Waals surface area contributed by atoms with E-state index >= 15 is 0 Å². The minimum absolute atomic E-state index is 0.568. The van der Waals surface area contributed by atoms with Crippen LogP contribution in [0.25, 0.3) is 10.9 Å². The molecule has 2 N–H and O–H groups in total. The molecule has 4 heteroatoms. The van der Waals surface area contributed by atoms with Gasteiger partial charge >= 0.3 is 0 Å². The molecule has 0 unspecified atom stereocenters. The first-order valence-electron chi connectivity index (χ1n) is 5.22. The second-order valence-electron chi connectivity index (χ2n) is 3.88. The summed E-state index contributed by atoms with van der Waals surface area (Å²) in [5, 5.41) is 2.72. The van der Waals surface area contributed by atoms with Gasteiger partial charge in [-0.25, -0.2) is 4.98 Å². The molecule has 1 aliphatic rings. The molecule has 3 rings (SSSR count). The van der Waals surface area contributed by atoms with Crippen LogP contribution in [-0.4, -0.2) is 23.4 Å². The van der Waals surface area contributed by atoms with Gasteiger partial charge in [0.05, 0.1) is 29.0 Å². The number of aromatic nitrogens is 1. The van der Waals surface area contributed by atoms with Crippen LogP contribution in [0.15, 0.2) is 35.4 Å². The number of ether oxygens (including phenoxy) is 1. The SMILES string of the molecule is Nc1ccc2nc(SC3COC3)ccc2c1. The third-order valence-electron chi connectivity index (χ3n) is 2.58. The summed E-state index contributed by atoms with van der Waals surface area (Å²) in [4.78, 5) is 4.59. The van der Waals surface area contributed by atoms with E-state index in [1.54, 1.807) is 11.8 Å². The van der Waals surface area contributed by atoms with Crippen LogP contribution in [0.5, 0.6) is 0 Å². The van der Waals surface area contributed by atoms with Gasteiger partial charge in [-0.1, -0.05) is 17.8 Å². The summed E-state index contributed by atoms with van der Waals surface area (Å²) in [5.41, 5.74) is 7.50. The molecule has 1 saturated heterocycles. The molecular formula is C12H12N2OS. The minimum atomic E-state index is 0.568. The lowest BCUT2D eigenvalue weighted by Crippen LogP contribution is -2.30. The van der Waals surface area contributed by atoms with E-state index in [1.165, 1.54) is 0 Å². The lowest BCUT2D eigenvalue weighted by atomic mass is 10.2. The van der Waals surface area contributed by atoms with Gasteiger partial charge in [0.2, 0.25) is 0 Å². The summed E-state index contributed by atoms with van der Waals surface area (Å²) in [6, 6.07) is 9.91. The summed E-state index contributed by atoms with van der Waals surface area (Å²) in [6.07, 6.45) is 0. The maximum Gasteiger partial charge on any atom is 0.0971 e. The fourth-order valence-electron chi connectivity index (χ4n) is 1.64. The number of rotatable bonds is 2.